The first-order valence-corrected chi connectivity index (χ1v) is 3.73. The van der Waals surface area contributed by atoms with Crippen molar-refractivity contribution in [3.05, 3.63) is 36.1 Å². The molecule has 0 bridgehead atoms. The molecule has 0 spiro atoms. The van der Waals surface area contributed by atoms with Crippen molar-refractivity contribution in [1.82, 2.24) is 0 Å². The van der Waals surface area contributed by atoms with Crippen molar-refractivity contribution < 1.29 is 14.6 Å². The standard InChI is InChI=1S/C9H8O3/c10-7-5-9(11)12-8-4-2-1-3-6(7)8/h1-6,8,10H. The van der Waals surface area contributed by atoms with Crippen LogP contribution in [0.3, 0.4) is 0 Å². The molecular weight excluding hydrogens is 156 g/mol. The molecule has 0 aromatic heterocycles. The predicted octanol–water partition coefficient (Wildman–Crippen LogP) is 1.10. The lowest BCUT2D eigenvalue weighted by molar-refractivity contribution is -0.144. The van der Waals surface area contributed by atoms with Crippen LogP contribution in [0.15, 0.2) is 36.1 Å². The summed E-state index contributed by atoms with van der Waals surface area (Å²) < 4.78 is 4.95. The fourth-order valence-electron chi connectivity index (χ4n) is 1.35. The van der Waals surface area contributed by atoms with Gasteiger partial charge < -0.3 is 9.84 Å². The monoisotopic (exact) mass is 164 g/mol. The zero-order valence-electron chi connectivity index (χ0n) is 6.31. The number of hydrogen-bond donors (Lipinski definition) is 1. The van der Waals surface area contributed by atoms with Crippen molar-refractivity contribution >= 4 is 5.97 Å². The number of carbonyl (C=O) groups excluding carboxylic acids is 1. The summed E-state index contributed by atoms with van der Waals surface area (Å²) in [5.41, 5.74) is 0. The SMILES string of the molecule is O=C1C=C(O)C2C=CC=CC2O1. The van der Waals surface area contributed by atoms with Crippen LogP contribution in [0.1, 0.15) is 0 Å². The topological polar surface area (TPSA) is 46.5 Å². The lowest BCUT2D eigenvalue weighted by atomic mass is 9.93. The summed E-state index contributed by atoms with van der Waals surface area (Å²) in [5, 5.41) is 9.35. The van der Waals surface area contributed by atoms with Gasteiger partial charge in [-0.3, -0.25) is 0 Å². The van der Waals surface area contributed by atoms with Gasteiger partial charge in [-0.15, -0.1) is 0 Å². The maximum atomic E-state index is 10.8. The number of aliphatic hydroxyl groups excluding tert-OH is 1. The fourth-order valence-corrected chi connectivity index (χ4v) is 1.35. The Kier molecular flexibility index (Phi) is 1.50. The van der Waals surface area contributed by atoms with Crippen molar-refractivity contribution in [3.8, 4) is 0 Å². The zero-order chi connectivity index (χ0) is 8.55. The summed E-state index contributed by atoms with van der Waals surface area (Å²) in [4.78, 5) is 10.8. The summed E-state index contributed by atoms with van der Waals surface area (Å²) in [6, 6.07) is 0. The number of esters is 1. The Labute approximate surface area is 69.6 Å². The fraction of sp³-hybridized carbons (Fsp3) is 0.222. The molecule has 0 amide bonds. The molecule has 2 rings (SSSR count). The number of carbonyl (C=O) groups is 1. The van der Waals surface area contributed by atoms with E-state index in [9.17, 15) is 9.90 Å². The van der Waals surface area contributed by atoms with Crippen LogP contribution in [0.5, 0.6) is 0 Å². The van der Waals surface area contributed by atoms with Gasteiger partial charge in [0.05, 0.1) is 12.0 Å². The first-order chi connectivity index (χ1) is 5.77. The van der Waals surface area contributed by atoms with Crippen LogP contribution in [0.25, 0.3) is 0 Å². The number of rotatable bonds is 0. The number of ether oxygens (including phenoxy) is 1. The van der Waals surface area contributed by atoms with E-state index in [2.05, 4.69) is 0 Å². The summed E-state index contributed by atoms with van der Waals surface area (Å²) in [5.74, 6) is -0.585. The Morgan fingerprint density at radius 3 is 2.92 bits per heavy atom. The largest absolute Gasteiger partial charge is 0.511 e. The smallest absolute Gasteiger partial charge is 0.334 e. The Morgan fingerprint density at radius 2 is 2.08 bits per heavy atom. The molecule has 1 N–H and O–H groups in total. The van der Waals surface area contributed by atoms with Gasteiger partial charge in [0.15, 0.2) is 0 Å². The molecule has 0 saturated heterocycles. The van der Waals surface area contributed by atoms with Crippen LogP contribution >= 0.6 is 0 Å². The molecule has 1 aliphatic carbocycles. The Bertz CT molecular complexity index is 299. The van der Waals surface area contributed by atoms with E-state index in [0.29, 0.717) is 0 Å². The van der Waals surface area contributed by atoms with E-state index in [1.54, 1.807) is 12.2 Å². The van der Waals surface area contributed by atoms with Crippen LogP contribution in [0, 0.1) is 5.92 Å². The van der Waals surface area contributed by atoms with Crippen LogP contribution in [-0.4, -0.2) is 17.2 Å². The molecule has 1 heterocycles. The van der Waals surface area contributed by atoms with E-state index in [4.69, 9.17) is 4.74 Å². The number of allylic oxidation sites excluding steroid dienone is 2. The second kappa shape index (κ2) is 2.52. The van der Waals surface area contributed by atoms with Gasteiger partial charge >= 0.3 is 5.97 Å². The molecule has 2 atom stereocenters. The summed E-state index contributed by atoms with van der Waals surface area (Å²) in [7, 11) is 0. The molecule has 0 aromatic carbocycles. The normalized spacial score (nSPS) is 32.3. The first kappa shape index (κ1) is 7.16. The van der Waals surface area contributed by atoms with E-state index in [0.717, 1.165) is 6.08 Å². The van der Waals surface area contributed by atoms with Crippen molar-refractivity contribution in [3.63, 3.8) is 0 Å². The third-order valence-electron chi connectivity index (χ3n) is 1.94. The molecule has 12 heavy (non-hydrogen) atoms. The molecular formula is C9H8O3. The van der Waals surface area contributed by atoms with E-state index in [1.807, 2.05) is 12.2 Å². The van der Waals surface area contributed by atoms with Gasteiger partial charge in [0, 0.05) is 0 Å². The van der Waals surface area contributed by atoms with E-state index >= 15 is 0 Å². The van der Waals surface area contributed by atoms with Gasteiger partial charge in [-0.2, -0.15) is 0 Å². The molecule has 1 aliphatic heterocycles. The average Bonchev–Trinajstić information content (AvgIpc) is 2.04. The molecule has 0 radical (unpaired) electrons. The molecule has 0 saturated carbocycles. The lowest BCUT2D eigenvalue weighted by Gasteiger charge is -2.26. The Morgan fingerprint density at radius 1 is 1.33 bits per heavy atom. The predicted molar refractivity (Wildman–Crippen MR) is 42.4 cm³/mol. The molecule has 3 heteroatoms. The zero-order valence-corrected chi connectivity index (χ0v) is 6.31. The number of hydrogen-bond acceptors (Lipinski definition) is 3. The highest BCUT2D eigenvalue weighted by Gasteiger charge is 2.29. The van der Waals surface area contributed by atoms with Gasteiger partial charge in [-0.1, -0.05) is 18.2 Å². The third-order valence-corrected chi connectivity index (χ3v) is 1.94. The van der Waals surface area contributed by atoms with Crippen LogP contribution < -0.4 is 0 Å². The van der Waals surface area contributed by atoms with E-state index in [-0.39, 0.29) is 17.8 Å². The molecule has 2 aliphatic rings. The molecule has 62 valence electrons. The lowest BCUT2D eigenvalue weighted by Crippen LogP contribution is -2.30. The van der Waals surface area contributed by atoms with Crippen LogP contribution in [0.4, 0.5) is 0 Å². The maximum Gasteiger partial charge on any atom is 0.334 e. The minimum absolute atomic E-state index is 0.0804. The molecule has 2 unspecified atom stereocenters. The maximum absolute atomic E-state index is 10.8. The third kappa shape index (κ3) is 1.03. The quantitative estimate of drug-likeness (QED) is 0.545. The molecule has 3 nitrogen and oxygen atoms in total. The highest BCUT2D eigenvalue weighted by molar-refractivity contribution is 5.84. The van der Waals surface area contributed by atoms with Gasteiger partial charge in [0.1, 0.15) is 11.9 Å². The van der Waals surface area contributed by atoms with Gasteiger partial charge in [0.25, 0.3) is 0 Å². The Hall–Kier alpha value is -1.51. The summed E-state index contributed by atoms with van der Waals surface area (Å²) in [6.07, 6.45) is 7.98. The van der Waals surface area contributed by atoms with Crippen LogP contribution in [0.2, 0.25) is 0 Å². The summed E-state index contributed by atoms with van der Waals surface area (Å²) >= 11 is 0. The minimum Gasteiger partial charge on any atom is -0.511 e. The number of fused-ring (bicyclic) bond motifs is 1. The second-order valence-electron chi connectivity index (χ2n) is 2.77. The minimum atomic E-state index is -0.478. The van der Waals surface area contributed by atoms with E-state index in [1.165, 1.54) is 0 Å². The van der Waals surface area contributed by atoms with Crippen molar-refractivity contribution in [2.75, 3.05) is 0 Å². The average molecular weight is 164 g/mol. The van der Waals surface area contributed by atoms with Crippen LogP contribution in [-0.2, 0) is 9.53 Å². The van der Waals surface area contributed by atoms with E-state index < -0.39 is 5.97 Å². The second-order valence-corrected chi connectivity index (χ2v) is 2.77. The Balaban J connectivity index is 2.34. The highest BCUT2D eigenvalue weighted by Crippen LogP contribution is 2.25. The molecule has 0 aromatic rings. The molecule has 0 fully saturated rings. The number of aliphatic hydroxyl groups is 1. The van der Waals surface area contributed by atoms with Crippen molar-refractivity contribution in [1.29, 1.82) is 0 Å². The van der Waals surface area contributed by atoms with Gasteiger partial charge in [-0.25, -0.2) is 4.79 Å². The van der Waals surface area contributed by atoms with Crippen molar-refractivity contribution in [2.45, 2.75) is 6.10 Å². The van der Waals surface area contributed by atoms with Crippen molar-refractivity contribution in [2.24, 2.45) is 5.92 Å². The van der Waals surface area contributed by atoms with Gasteiger partial charge in [-0.05, 0) is 6.08 Å². The summed E-state index contributed by atoms with van der Waals surface area (Å²) in [6.45, 7) is 0. The highest BCUT2D eigenvalue weighted by atomic mass is 16.5. The van der Waals surface area contributed by atoms with Gasteiger partial charge in [0.2, 0.25) is 0 Å². The first-order valence-electron chi connectivity index (χ1n) is 3.73.